The van der Waals surface area contributed by atoms with Gasteiger partial charge < -0.3 is 5.32 Å². The van der Waals surface area contributed by atoms with E-state index in [0.29, 0.717) is 16.1 Å². The van der Waals surface area contributed by atoms with Crippen molar-refractivity contribution in [2.75, 3.05) is 16.8 Å². The van der Waals surface area contributed by atoms with Crippen molar-refractivity contribution in [3.8, 4) is 0 Å². The van der Waals surface area contributed by atoms with Crippen LogP contribution in [0.4, 0.5) is 5.69 Å². The Balaban J connectivity index is 1.50. The van der Waals surface area contributed by atoms with Gasteiger partial charge in [-0.1, -0.05) is 12.1 Å². The molecule has 3 aromatic rings. The highest BCUT2D eigenvalue weighted by atomic mass is 32.2. The van der Waals surface area contributed by atoms with Crippen LogP contribution in [0.2, 0.25) is 0 Å². The number of hydrogen-bond acceptors (Lipinski definition) is 5. The summed E-state index contributed by atoms with van der Waals surface area (Å²) >= 11 is 3.94. The molecule has 1 saturated carbocycles. The van der Waals surface area contributed by atoms with E-state index in [-0.39, 0.29) is 5.91 Å². The summed E-state index contributed by atoms with van der Waals surface area (Å²) in [4.78, 5) is 18.0. The molecule has 144 valence electrons. The van der Waals surface area contributed by atoms with Gasteiger partial charge in [-0.2, -0.15) is 5.10 Å². The summed E-state index contributed by atoms with van der Waals surface area (Å²) in [5.41, 5.74) is 5.42. The molecule has 1 aliphatic carbocycles. The smallest absolute Gasteiger partial charge is 0.256 e. The molecule has 2 fully saturated rings. The predicted molar refractivity (Wildman–Crippen MR) is 117 cm³/mol. The first kappa shape index (κ1) is 18.1. The first-order chi connectivity index (χ1) is 13.6. The van der Waals surface area contributed by atoms with E-state index < -0.39 is 0 Å². The van der Waals surface area contributed by atoms with Crippen molar-refractivity contribution in [2.45, 2.75) is 30.3 Å². The Kier molecular flexibility index (Phi) is 4.59. The van der Waals surface area contributed by atoms with E-state index in [2.05, 4.69) is 22.5 Å². The minimum atomic E-state index is -0.0886. The third-order valence-electron chi connectivity index (χ3n) is 5.27. The maximum absolute atomic E-state index is 13.2. The number of thioether (sulfide) groups is 2. The Morgan fingerprint density at radius 2 is 2.00 bits per heavy atom. The lowest BCUT2D eigenvalue weighted by molar-refractivity contribution is 0.102. The summed E-state index contributed by atoms with van der Waals surface area (Å²) < 4.78 is 2.24. The van der Waals surface area contributed by atoms with Crippen molar-refractivity contribution in [1.29, 1.82) is 0 Å². The lowest BCUT2D eigenvalue weighted by Crippen LogP contribution is -2.14. The third-order valence-corrected chi connectivity index (χ3v) is 8.37. The summed E-state index contributed by atoms with van der Waals surface area (Å²) in [5, 5.41) is 8.46. The Morgan fingerprint density at radius 1 is 1.21 bits per heavy atom. The summed E-state index contributed by atoms with van der Waals surface area (Å²) in [7, 11) is 1.89. The molecule has 28 heavy (non-hydrogen) atoms. The maximum Gasteiger partial charge on any atom is 0.256 e. The molecule has 0 unspecified atom stereocenters. The van der Waals surface area contributed by atoms with Gasteiger partial charge in [-0.25, -0.2) is 4.98 Å². The second-order valence-corrected chi connectivity index (χ2v) is 10.2. The van der Waals surface area contributed by atoms with Gasteiger partial charge in [0.15, 0.2) is 5.65 Å². The first-order valence-electron chi connectivity index (χ1n) is 9.59. The number of nitrogens with one attached hydrogen (secondary N) is 1. The summed E-state index contributed by atoms with van der Waals surface area (Å²) in [6.07, 6.45) is 2.30. The number of rotatable bonds is 4. The molecule has 2 aliphatic rings. The second kappa shape index (κ2) is 7.12. The topological polar surface area (TPSA) is 59.8 Å². The number of carbonyl (C=O) groups is 1. The summed E-state index contributed by atoms with van der Waals surface area (Å²) in [5.74, 6) is 2.76. The molecule has 0 bridgehead atoms. The van der Waals surface area contributed by atoms with Crippen LogP contribution in [0, 0.1) is 6.92 Å². The number of benzene rings is 1. The normalized spacial score (nSPS) is 17.4. The van der Waals surface area contributed by atoms with Crippen LogP contribution in [0.15, 0.2) is 30.3 Å². The van der Waals surface area contributed by atoms with E-state index in [4.69, 9.17) is 4.98 Å². The van der Waals surface area contributed by atoms with Crippen LogP contribution in [-0.2, 0) is 7.05 Å². The van der Waals surface area contributed by atoms with E-state index in [1.165, 1.54) is 17.1 Å². The zero-order chi connectivity index (χ0) is 19.3. The highest BCUT2D eigenvalue weighted by Crippen LogP contribution is 2.45. The molecule has 2 aromatic heterocycles. The molecular formula is C21H22N4OS2. The van der Waals surface area contributed by atoms with Gasteiger partial charge in [0.25, 0.3) is 5.91 Å². The van der Waals surface area contributed by atoms with E-state index in [0.717, 1.165) is 41.0 Å². The highest BCUT2D eigenvalue weighted by molar-refractivity contribution is 8.19. The fourth-order valence-electron chi connectivity index (χ4n) is 3.74. The molecule has 5 rings (SSSR count). The number of hydrogen-bond donors (Lipinski definition) is 1. The van der Waals surface area contributed by atoms with E-state index in [9.17, 15) is 4.79 Å². The molecular weight excluding hydrogens is 388 g/mol. The number of nitrogens with zero attached hydrogens (tertiary/aromatic N) is 3. The molecule has 7 heteroatoms. The molecule has 0 radical (unpaired) electrons. The molecule has 0 spiro atoms. The largest absolute Gasteiger partial charge is 0.322 e. The van der Waals surface area contributed by atoms with Gasteiger partial charge in [0.1, 0.15) is 0 Å². The SMILES string of the molecule is Cc1nn(C)c2nc(C3CC3)cc(C(=O)Nc3cccc(C4SCCS4)c3)c12. The van der Waals surface area contributed by atoms with Gasteiger partial charge in [-0.15, -0.1) is 23.5 Å². The van der Waals surface area contributed by atoms with Crippen molar-refractivity contribution in [1.82, 2.24) is 14.8 Å². The Labute approximate surface area is 172 Å². The number of anilines is 1. The van der Waals surface area contributed by atoms with E-state index in [1.807, 2.05) is 55.7 Å². The van der Waals surface area contributed by atoms with Crippen molar-refractivity contribution in [2.24, 2.45) is 7.05 Å². The van der Waals surface area contributed by atoms with Crippen LogP contribution in [0.1, 0.15) is 50.7 Å². The fraction of sp³-hybridized carbons (Fsp3) is 0.381. The molecule has 5 nitrogen and oxygen atoms in total. The zero-order valence-corrected chi connectivity index (χ0v) is 17.6. The molecule has 0 atom stereocenters. The average Bonchev–Trinajstić information content (AvgIpc) is 3.32. The van der Waals surface area contributed by atoms with Crippen LogP contribution < -0.4 is 5.32 Å². The van der Waals surface area contributed by atoms with Crippen LogP contribution in [-0.4, -0.2) is 32.2 Å². The Hall–Kier alpha value is -1.99. The lowest BCUT2D eigenvalue weighted by Gasteiger charge is -2.12. The quantitative estimate of drug-likeness (QED) is 0.664. The van der Waals surface area contributed by atoms with Crippen molar-refractivity contribution in [3.63, 3.8) is 0 Å². The maximum atomic E-state index is 13.2. The summed E-state index contributed by atoms with van der Waals surface area (Å²) in [6, 6.07) is 10.2. The molecule has 1 aliphatic heterocycles. The minimum Gasteiger partial charge on any atom is -0.322 e. The molecule has 1 amide bonds. The average molecular weight is 411 g/mol. The van der Waals surface area contributed by atoms with Crippen molar-refractivity contribution >= 4 is 46.2 Å². The number of aryl methyl sites for hydroxylation is 2. The number of fused-ring (bicyclic) bond motifs is 1. The Bertz CT molecular complexity index is 1070. The van der Waals surface area contributed by atoms with Gasteiger partial charge in [0, 0.05) is 35.9 Å². The predicted octanol–water partition coefficient (Wildman–Crippen LogP) is 4.89. The number of amides is 1. The summed E-state index contributed by atoms with van der Waals surface area (Å²) in [6.45, 7) is 1.94. The van der Waals surface area contributed by atoms with Gasteiger partial charge in [0.2, 0.25) is 0 Å². The second-order valence-electron chi connectivity index (χ2n) is 7.43. The zero-order valence-electron chi connectivity index (χ0n) is 15.9. The molecule has 1 saturated heterocycles. The number of aromatic nitrogens is 3. The highest BCUT2D eigenvalue weighted by Gasteiger charge is 2.28. The molecule has 1 aromatic carbocycles. The van der Waals surface area contributed by atoms with Crippen molar-refractivity contribution < 1.29 is 4.79 Å². The van der Waals surface area contributed by atoms with Crippen LogP contribution in [0.3, 0.4) is 0 Å². The third kappa shape index (κ3) is 3.31. The van der Waals surface area contributed by atoms with E-state index >= 15 is 0 Å². The van der Waals surface area contributed by atoms with Gasteiger partial charge in [-0.05, 0) is 43.5 Å². The van der Waals surface area contributed by atoms with Crippen LogP contribution >= 0.6 is 23.5 Å². The van der Waals surface area contributed by atoms with Crippen LogP contribution in [0.25, 0.3) is 11.0 Å². The number of pyridine rings is 1. The minimum absolute atomic E-state index is 0.0886. The van der Waals surface area contributed by atoms with E-state index in [1.54, 1.807) is 4.68 Å². The monoisotopic (exact) mass is 410 g/mol. The lowest BCUT2D eigenvalue weighted by atomic mass is 10.1. The number of carbonyl (C=O) groups excluding carboxylic acids is 1. The van der Waals surface area contributed by atoms with Gasteiger partial charge in [-0.3, -0.25) is 9.48 Å². The van der Waals surface area contributed by atoms with Crippen LogP contribution in [0.5, 0.6) is 0 Å². The molecule has 3 heterocycles. The fourth-order valence-corrected chi connectivity index (χ4v) is 6.58. The standard InChI is InChI=1S/C21H22N4OS2/c1-12-18-16(11-17(13-6-7-13)23-19(18)25(2)24-12)20(26)22-15-5-3-4-14(10-15)21-27-8-9-28-21/h3-5,10-11,13,21H,6-9H2,1-2H3,(H,22,26). The first-order valence-corrected chi connectivity index (χ1v) is 11.7. The van der Waals surface area contributed by atoms with Gasteiger partial charge >= 0.3 is 0 Å². The van der Waals surface area contributed by atoms with Crippen molar-refractivity contribution in [3.05, 3.63) is 52.8 Å². The molecule has 1 N–H and O–H groups in total. The van der Waals surface area contributed by atoms with Gasteiger partial charge in [0.05, 0.1) is 21.2 Å². The Morgan fingerprint density at radius 3 is 2.75 bits per heavy atom.